The largest absolute Gasteiger partial charge is 0.480 e. The second-order valence-electron chi connectivity index (χ2n) is 4.53. The van der Waals surface area contributed by atoms with Crippen molar-refractivity contribution < 1.29 is 32.6 Å². The summed E-state index contributed by atoms with van der Waals surface area (Å²) in [4.78, 5) is 23.8. The van der Waals surface area contributed by atoms with Crippen LogP contribution in [0.2, 0.25) is 0 Å². The smallest absolute Gasteiger partial charge is 0.416 e. The molecule has 22 heavy (non-hydrogen) atoms. The number of halogens is 3. The lowest BCUT2D eigenvalue weighted by Gasteiger charge is -2.21. The Balaban J connectivity index is 2.91. The molecule has 1 rings (SSSR count). The van der Waals surface area contributed by atoms with Crippen molar-refractivity contribution in [1.82, 2.24) is 4.90 Å². The number of carboxylic acids is 1. The van der Waals surface area contributed by atoms with Crippen molar-refractivity contribution >= 4 is 11.9 Å². The molecule has 0 radical (unpaired) electrons. The van der Waals surface area contributed by atoms with E-state index in [1.807, 2.05) is 0 Å². The molecule has 1 aromatic rings. The van der Waals surface area contributed by atoms with E-state index in [9.17, 15) is 22.8 Å². The normalized spacial score (nSPS) is 11.3. The monoisotopic (exact) mass is 319 g/mol. The van der Waals surface area contributed by atoms with Crippen molar-refractivity contribution in [3.63, 3.8) is 0 Å². The van der Waals surface area contributed by atoms with Gasteiger partial charge in [-0.3, -0.25) is 9.59 Å². The fourth-order valence-corrected chi connectivity index (χ4v) is 1.88. The summed E-state index contributed by atoms with van der Waals surface area (Å²) in [7, 11) is 1.38. The summed E-state index contributed by atoms with van der Waals surface area (Å²) < 4.78 is 43.4. The first kappa shape index (κ1) is 18.0. The zero-order valence-electron chi connectivity index (χ0n) is 11.9. The van der Waals surface area contributed by atoms with Gasteiger partial charge in [0.25, 0.3) is 0 Å². The molecule has 0 atom stereocenters. The molecule has 0 saturated heterocycles. The summed E-state index contributed by atoms with van der Waals surface area (Å²) >= 11 is 0. The molecule has 0 unspecified atom stereocenters. The molecule has 0 heterocycles. The minimum atomic E-state index is -4.57. The number of ether oxygens (including phenoxy) is 1. The maximum Gasteiger partial charge on any atom is 0.416 e. The number of carbonyl (C=O) groups is 2. The number of rotatable bonds is 7. The van der Waals surface area contributed by atoms with Crippen LogP contribution >= 0.6 is 0 Å². The van der Waals surface area contributed by atoms with E-state index in [0.29, 0.717) is 0 Å². The predicted molar refractivity (Wildman–Crippen MR) is 71.2 cm³/mol. The third-order valence-corrected chi connectivity index (χ3v) is 2.91. The number of carboxylic acid groups (broad SMARTS) is 1. The molecule has 1 aromatic carbocycles. The van der Waals surface area contributed by atoms with Gasteiger partial charge in [-0.05, 0) is 11.6 Å². The molecule has 1 N–H and O–H groups in total. The Labute approximate surface area is 125 Å². The van der Waals surface area contributed by atoms with Crippen molar-refractivity contribution in [2.24, 2.45) is 0 Å². The van der Waals surface area contributed by atoms with Crippen LogP contribution in [0.15, 0.2) is 24.3 Å². The van der Waals surface area contributed by atoms with Gasteiger partial charge in [0.1, 0.15) is 6.54 Å². The van der Waals surface area contributed by atoms with Gasteiger partial charge in [-0.2, -0.15) is 13.2 Å². The van der Waals surface area contributed by atoms with E-state index in [4.69, 9.17) is 9.84 Å². The minimum Gasteiger partial charge on any atom is -0.480 e. The van der Waals surface area contributed by atoms with E-state index in [2.05, 4.69) is 0 Å². The molecule has 122 valence electrons. The zero-order valence-corrected chi connectivity index (χ0v) is 11.9. The Morgan fingerprint density at radius 2 is 1.91 bits per heavy atom. The number of amides is 1. The van der Waals surface area contributed by atoms with Gasteiger partial charge in [-0.1, -0.05) is 18.2 Å². The lowest BCUT2D eigenvalue weighted by molar-refractivity contribution is -0.145. The van der Waals surface area contributed by atoms with Crippen LogP contribution < -0.4 is 0 Å². The van der Waals surface area contributed by atoms with E-state index >= 15 is 0 Å². The van der Waals surface area contributed by atoms with E-state index in [-0.39, 0.29) is 18.7 Å². The number of carbonyl (C=O) groups excluding carboxylic acids is 1. The molecule has 8 heteroatoms. The number of aliphatic carboxylic acids is 1. The number of nitrogens with zero attached hydrogens (tertiary/aromatic N) is 1. The van der Waals surface area contributed by atoms with Crippen molar-refractivity contribution in [2.75, 3.05) is 26.8 Å². The maximum absolute atomic E-state index is 12.9. The molecular weight excluding hydrogens is 303 g/mol. The zero-order chi connectivity index (χ0) is 16.8. The predicted octanol–water partition coefficient (Wildman–Crippen LogP) is 1.81. The van der Waals surface area contributed by atoms with Crippen LogP contribution in [0.4, 0.5) is 13.2 Å². The lowest BCUT2D eigenvalue weighted by Crippen LogP contribution is -2.39. The molecule has 0 saturated carbocycles. The van der Waals surface area contributed by atoms with E-state index in [0.717, 1.165) is 11.0 Å². The van der Waals surface area contributed by atoms with Gasteiger partial charge in [-0.15, -0.1) is 0 Å². The van der Waals surface area contributed by atoms with Crippen LogP contribution in [-0.2, 0) is 26.9 Å². The van der Waals surface area contributed by atoms with Gasteiger partial charge in [0, 0.05) is 13.7 Å². The molecule has 0 aliphatic rings. The fraction of sp³-hybridized carbons (Fsp3) is 0.429. The van der Waals surface area contributed by atoms with Gasteiger partial charge in [0.05, 0.1) is 18.6 Å². The lowest BCUT2D eigenvalue weighted by atomic mass is 10.0. The third kappa shape index (κ3) is 5.36. The first-order valence-corrected chi connectivity index (χ1v) is 6.39. The van der Waals surface area contributed by atoms with E-state index in [1.165, 1.54) is 25.3 Å². The van der Waals surface area contributed by atoms with Crippen molar-refractivity contribution in [3.05, 3.63) is 35.4 Å². The standard InChI is InChI=1S/C14H16F3NO4/c1-22-7-6-18(9-13(20)21)12(19)8-10-4-2-3-5-11(10)14(15,16)17/h2-5H,6-9H2,1H3,(H,20,21). The van der Waals surface area contributed by atoms with Crippen molar-refractivity contribution in [3.8, 4) is 0 Å². The Morgan fingerprint density at radius 1 is 1.27 bits per heavy atom. The number of alkyl halides is 3. The average Bonchev–Trinajstić information content (AvgIpc) is 2.42. The van der Waals surface area contributed by atoms with Crippen LogP contribution in [0.25, 0.3) is 0 Å². The van der Waals surface area contributed by atoms with Gasteiger partial charge < -0.3 is 14.7 Å². The van der Waals surface area contributed by atoms with Gasteiger partial charge in [0.15, 0.2) is 0 Å². The van der Waals surface area contributed by atoms with Gasteiger partial charge >= 0.3 is 12.1 Å². The highest BCUT2D eigenvalue weighted by Gasteiger charge is 2.33. The molecule has 1 amide bonds. The second kappa shape index (κ2) is 7.79. The first-order valence-electron chi connectivity index (χ1n) is 6.39. The van der Waals surface area contributed by atoms with E-state index < -0.39 is 36.6 Å². The van der Waals surface area contributed by atoms with Crippen LogP contribution in [0.1, 0.15) is 11.1 Å². The summed E-state index contributed by atoms with van der Waals surface area (Å²) in [6.07, 6.45) is -5.09. The third-order valence-electron chi connectivity index (χ3n) is 2.91. The Kier molecular flexibility index (Phi) is 6.36. The van der Waals surface area contributed by atoms with Crippen molar-refractivity contribution in [1.29, 1.82) is 0 Å². The average molecular weight is 319 g/mol. The summed E-state index contributed by atoms with van der Waals surface area (Å²) in [5, 5.41) is 8.77. The minimum absolute atomic E-state index is 0.00415. The first-order chi connectivity index (χ1) is 10.3. The molecule has 0 aliphatic carbocycles. The highest BCUT2D eigenvalue weighted by Crippen LogP contribution is 2.32. The van der Waals surface area contributed by atoms with Crippen LogP contribution in [0, 0.1) is 0 Å². The topological polar surface area (TPSA) is 66.8 Å². The SMILES string of the molecule is COCCN(CC(=O)O)C(=O)Cc1ccccc1C(F)(F)F. The summed E-state index contributed by atoms with van der Waals surface area (Å²) in [6, 6.07) is 4.72. The number of methoxy groups -OCH3 is 1. The number of hydrogen-bond donors (Lipinski definition) is 1. The van der Waals surface area contributed by atoms with Gasteiger partial charge in [0.2, 0.25) is 5.91 Å². The van der Waals surface area contributed by atoms with E-state index in [1.54, 1.807) is 0 Å². The van der Waals surface area contributed by atoms with Crippen LogP contribution in [0.5, 0.6) is 0 Å². The molecule has 0 aliphatic heterocycles. The summed E-state index contributed by atoms with van der Waals surface area (Å²) in [6.45, 7) is -0.494. The summed E-state index contributed by atoms with van der Waals surface area (Å²) in [5.41, 5.74) is -1.09. The highest BCUT2D eigenvalue weighted by atomic mass is 19.4. The molecular formula is C14H16F3NO4. The molecule has 0 spiro atoms. The molecule has 0 aromatic heterocycles. The Hall–Kier alpha value is -2.09. The summed E-state index contributed by atoms with van der Waals surface area (Å²) in [5.74, 6) is -1.94. The van der Waals surface area contributed by atoms with Gasteiger partial charge in [-0.25, -0.2) is 0 Å². The highest BCUT2D eigenvalue weighted by molar-refractivity contribution is 5.83. The Bertz CT molecular complexity index is 531. The Morgan fingerprint density at radius 3 is 2.45 bits per heavy atom. The second-order valence-corrected chi connectivity index (χ2v) is 4.53. The molecule has 0 fully saturated rings. The number of hydrogen-bond acceptors (Lipinski definition) is 3. The maximum atomic E-state index is 12.9. The van der Waals surface area contributed by atoms with Crippen LogP contribution in [0.3, 0.4) is 0 Å². The quantitative estimate of drug-likeness (QED) is 0.832. The van der Waals surface area contributed by atoms with Crippen molar-refractivity contribution in [2.45, 2.75) is 12.6 Å². The molecule has 0 bridgehead atoms. The van der Waals surface area contributed by atoms with Crippen LogP contribution in [-0.4, -0.2) is 48.7 Å². The number of benzene rings is 1. The fourth-order valence-electron chi connectivity index (χ4n) is 1.88. The molecule has 5 nitrogen and oxygen atoms in total.